The summed E-state index contributed by atoms with van der Waals surface area (Å²) in [7, 11) is 0. The lowest BCUT2D eigenvalue weighted by Crippen LogP contribution is -2.47. The van der Waals surface area contributed by atoms with Crippen LogP contribution in [0, 0.1) is 6.92 Å². The number of hydrogen-bond acceptors (Lipinski definition) is 2. The molecule has 0 fully saturated rings. The Bertz CT molecular complexity index is 403. The smallest absolute Gasteiger partial charge is 0.224 e. The number of nitrogens with two attached hydrogens (primary N) is 1. The van der Waals surface area contributed by atoms with Crippen LogP contribution in [0.2, 0.25) is 0 Å². The van der Waals surface area contributed by atoms with Gasteiger partial charge in [0.1, 0.15) is 0 Å². The quantitative estimate of drug-likeness (QED) is 0.810. The van der Waals surface area contributed by atoms with Gasteiger partial charge in [-0.3, -0.25) is 4.79 Å². The van der Waals surface area contributed by atoms with Crippen LogP contribution in [-0.4, -0.2) is 18.0 Å². The molecule has 0 heterocycles. The van der Waals surface area contributed by atoms with Crippen molar-refractivity contribution in [2.45, 2.75) is 45.6 Å². The second kappa shape index (κ2) is 6.55. The summed E-state index contributed by atoms with van der Waals surface area (Å²) in [5, 5.41) is 3.10. The Morgan fingerprint density at radius 3 is 2.61 bits per heavy atom. The second-order valence-electron chi connectivity index (χ2n) is 5.10. The normalized spacial score (nSPS) is 14.0. The lowest BCUT2D eigenvalue weighted by molar-refractivity contribution is -0.122. The van der Waals surface area contributed by atoms with E-state index in [1.807, 2.05) is 31.2 Å². The molecule has 3 heteroatoms. The minimum Gasteiger partial charge on any atom is -0.351 e. The van der Waals surface area contributed by atoms with E-state index in [2.05, 4.69) is 19.2 Å². The van der Waals surface area contributed by atoms with Crippen molar-refractivity contribution < 1.29 is 4.79 Å². The van der Waals surface area contributed by atoms with Gasteiger partial charge in [-0.1, -0.05) is 31.2 Å². The summed E-state index contributed by atoms with van der Waals surface area (Å²) in [5.74, 6) is 0.0714. The molecule has 100 valence electrons. The van der Waals surface area contributed by atoms with Crippen molar-refractivity contribution in [1.82, 2.24) is 5.32 Å². The Hall–Kier alpha value is -1.35. The summed E-state index contributed by atoms with van der Waals surface area (Å²) in [6.07, 6.45) is 2.14. The molecule has 0 saturated carbocycles. The van der Waals surface area contributed by atoms with Crippen LogP contribution in [0.1, 0.15) is 37.8 Å². The van der Waals surface area contributed by atoms with Gasteiger partial charge in [0.05, 0.1) is 6.42 Å². The third-order valence-electron chi connectivity index (χ3n) is 3.53. The van der Waals surface area contributed by atoms with E-state index in [4.69, 9.17) is 5.73 Å². The highest BCUT2D eigenvalue weighted by Gasteiger charge is 2.23. The number of aryl methyl sites for hydroxylation is 1. The molecule has 0 spiro atoms. The van der Waals surface area contributed by atoms with Gasteiger partial charge in [0, 0.05) is 5.54 Å². The van der Waals surface area contributed by atoms with Gasteiger partial charge in [0.2, 0.25) is 5.91 Å². The van der Waals surface area contributed by atoms with Gasteiger partial charge >= 0.3 is 0 Å². The van der Waals surface area contributed by atoms with Crippen LogP contribution in [0.3, 0.4) is 0 Å². The summed E-state index contributed by atoms with van der Waals surface area (Å²) in [6.45, 7) is 6.75. The summed E-state index contributed by atoms with van der Waals surface area (Å²) < 4.78 is 0. The molecule has 0 aliphatic rings. The molecule has 1 amide bonds. The van der Waals surface area contributed by atoms with E-state index >= 15 is 0 Å². The van der Waals surface area contributed by atoms with Crippen molar-refractivity contribution in [1.29, 1.82) is 0 Å². The van der Waals surface area contributed by atoms with E-state index in [1.165, 1.54) is 0 Å². The Morgan fingerprint density at radius 1 is 1.39 bits per heavy atom. The van der Waals surface area contributed by atoms with Crippen molar-refractivity contribution in [3.63, 3.8) is 0 Å². The standard InChI is InChI=1S/C15H24N2O/c1-4-15(3,9-10-16)17-14(18)11-13-8-6-5-7-12(13)2/h5-8H,4,9-11,16H2,1-3H3,(H,17,18). The van der Waals surface area contributed by atoms with E-state index in [-0.39, 0.29) is 11.4 Å². The molecule has 0 saturated heterocycles. The Kier molecular flexibility index (Phi) is 5.35. The van der Waals surface area contributed by atoms with Gasteiger partial charge in [0.25, 0.3) is 0 Å². The fourth-order valence-corrected chi connectivity index (χ4v) is 2.01. The number of rotatable bonds is 6. The van der Waals surface area contributed by atoms with Crippen LogP contribution in [0.5, 0.6) is 0 Å². The minimum atomic E-state index is -0.186. The van der Waals surface area contributed by atoms with E-state index < -0.39 is 0 Å². The Labute approximate surface area is 110 Å². The maximum absolute atomic E-state index is 12.1. The monoisotopic (exact) mass is 248 g/mol. The fraction of sp³-hybridized carbons (Fsp3) is 0.533. The lowest BCUT2D eigenvalue weighted by atomic mass is 9.94. The SMILES string of the molecule is CCC(C)(CCN)NC(=O)Cc1ccccc1C. The number of nitrogens with one attached hydrogen (secondary N) is 1. The van der Waals surface area contributed by atoms with E-state index in [9.17, 15) is 4.79 Å². The van der Waals surface area contributed by atoms with E-state index in [0.717, 1.165) is 24.0 Å². The van der Waals surface area contributed by atoms with Gasteiger partial charge in [-0.05, 0) is 44.4 Å². The van der Waals surface area contributed by atoms with E-state index in [0.29, 0.717) is 13.0 Å². The number of carbonyl (C=O) groups is 1. The van der Waals surface area contributed by atoms with Crippen molar-refractivity contribution in [3.05, 3.63) is 35.4 Å². The van der Waals surface area contributed by atoms with Gasteiger partial charge < -0.3 is 11.1 Å². The first kappa shape index (κ1) is 14.7. The highest BCUT2D eigenvalue weighted by atomic mass is 16.1. The molecule has 0 aliphatic heterocycles. The molecule has 1 unspecified atom stereocenters. The zero-order chi connectivity index (χ0) is 13.6. The molecule has 3 N–H and O–H groups in total. The first-order valence-electron chi connectivity index (χ1n) is 6.56. The Balaban J connectivity index is 2.64. The average Bonchev–Trinajstić information content (AvgIpc) is 2.32. The van der Waals surface area contributed by atoms with Crippen LogP contribution < -0.4 is 11.1 Å². The molecule has 18 heavy (non-hydrogen) atoms. The predicted octanol–water partition coefficient (Wildman–Crippen LogP) is 2.17. The number of carbonyl (C=O) groups excluding carboxylic acids is 1. The third kappa shape index (κ3) is 4.15. The summed E-state index contributed by atoms with van der Waals surface area (Å²) in [6, 6.07) is 7.98. The molecule has 0 bridgehead atoms. The highest BCUT2D eigenvalue weighted by Crippen LogP contribution is 2.14. The molecular weight excluding hydrogens is 224 g/mol. The van der Waals surface area contributed by atoms with Crippen molar-refractivity contribution >= 4 is 5.91 Å². The van der Waals surface area contributed by atoms with Crippen LogP contribution >= 0.6 is 0 Å². The van der Waals surface area contributed by atoms with Crippen molar-refractivity contribution in [3.8, 4) is 0 Å². The Morgan fingerprint density at radius 2 is 2.06 bits per heavy atom. The highest BCUT2D eigenvalue weighted by molar-refractivity contribution is 5.79. The van der Waals surface area contributed by atoms with Crippen molar-refractivity contribution in [2.24, 2.45) is 5.73 Å². The first-order chi connectivity index (χ1) is 8.50. The molecule has 0 aromatic heterocycles. The summed E-state index contributed by atoms with van der Waals surface area (Å²) in [5.41, 5.74) is 7.65. The van der Waals surface area contributed by atoms with Gasteiger partial charge in [-0.2, -0.15) is 0 Å². The molecular formula is C15H24N2O. The molecule has 1 aromatic carbocycles. The molecule has 3 nitrogen and oxygen atoms in total. The third-order valence-corrected chi connectivity index (χ3v) is 3.53. The van der Waals surface area contributed by atoms with Crippen molar-refractivity contribution in [2.75, 3.05) is 6.54 Å². The number of amides is 1. The first-order valence-corrected chi connectivity index (χ1v) is 6.56. The second-order valence-corrected chi connectivity index (χ2v) is 5.10. The minimum absolute atomic E-state index is 0.0714. The summed E-state index contributed by atoms with van der Waals surface area (Å²) in [4.78, 5) is 12.1. The maximum Gasteiger partial charge on any atom is 0.224 e. The van der Waals surface area contributed by atoms with Gasteiger partial charge in [0.15, 0.2) is 0 Å². The molecule has 0 radical (unpaired) electrons. The average molecular weight is 248 g/mol. The maximum atomic E-state index is 12.1. The summed E-state index contributed by atoms with van der Waals surface area (Å²) >= 11 is 0. The van der Waals surface area contributed by atoms with Crippen LogP contribution in [0.4, 0.5) is 0 Å². The van der Waals surface area contributed by atoms with Crippen LogP contribution in [0.15, 0.2) is 24.3 Å². The lowest BCUT2D eigenvalue weighted by Gasteiger charge is -2.29. The zero-order valence-electron chi connectivity index (χ0n) is 11.6. The largest absolute Gasteiger partial charge is 0.351 e. The van der Waals surface area contributed by atoms with E-state index in [1.54, 1.807) is 0 Å². The fourth-order valence-electron chi connectivity index (χ4n) is 2.01. The zero-order valence-corrected chi connectivity index (χ0v) is 11.6. The topological polar surface area (TPSA) is 55.1 Å². The molecule has 1 aromatic rings. The molecule has 1 atom stereocenters. The van der Waals surface area contributed by atoms with Crippen LogP contribution in [0.25, 0.3) is 0 Å². The van der Waals surface area contributed by atoms with Crippen LogP contribution in [-0.2, 0) is 11.2 Å². The van der Waals surface area contributed by atoms with Gasteiger partial charge in [-0.15, -0.1) is 0 Å². The number of hydrogen-bond donors (Lipinski definition) is 2. The molecule has 1 rings (SSSR count). The predicted molar refractivity (Wildman–Crippen MR) is 75.4 cm³/mol. The van der Waals surface area contributed by atoms with Gasteiger partial charge in [-0.25, -0.2) is 0 Å². The molecule has 0 aliphatic carbocycles. The number of benzene rings is 1.